The van der Waals surface area contributed by atoms with Gasteiger partial charge in [0.2, 0.25) is 0 Å². The normalized spacial score (nSPS) is 12.5. The van der Waals surface area contributed by atoms with Crippen LogP contribution in [0.25, 0.3) is 5.69 Å². The number of nitrogens with two attached hydrogens (primary N) is 1. The maximum absolute atomic E-state index is 5.79. The van der Waals surface area contributed by atoms with Gasteiger partial charge in [0.1, 0.15) is 0 Å². The molecular formula is C17H22N6. The van der Waals surface area contributed by atoms with Crippen LogP contribution >= 0.6 is 0 Å². The zero-order chi connectivity index (χ0) is 16.4. The van der Waals surface area contributed by atoms with Gasteiger partial charge in [0.05, 0.1) is 23.6 Å². The number of benzene rings is 1. The van der Waals surface area contributed by atoms with Crippen molar-refractivity contribution < 1.29 is 0 Å². The number of hydrogen-bond acceptors (Lipinski definition) is 4. The average molecular weight is 310 g/mol. The van der Waals surface area contributed by atoms with Gasteiger partial charge in [-0.1, -0.05) is 17.3 Å². The molecule has 0 aliphatic heterocycles. The van der Waals surface area contributed by atoms with Crippen LogP contribution in [0.5, 0.6) is 0 Å². The van der Waals surface area contributed by atoms with E-state index in [9.17, 15) is 0 Å². The van der Waals surface area contributed by atoms with Gasteiger partial charge in [-0.25, -0.2) is 9.36 Å². The van der Waals surface area contributed by atoms with E-state index in [2.05, 4.69) is 52.7 Å². The van der Waals surface area contributed by atoms with Gasteiger partial charge in [0.25, 0.3) is 0 Å². The molecule has 0 radical (unpaired) electrons. The molecule has 1 aromatic carbocycles. The molecule has 6 heteroatoms. The predicted molar refractivity (Wildman–Crippen MR) is 89.5 cm³/mol. The van der Waals surface area contributed by atoms with E-state index in [1.807, 2.05) is 29.4 Å². The van der Waals surface area contributed by atoms with Crippen LogP contribution in [0.15, 0.2) is 36.5 Å². The molecule has 1 atom stereocenters. The lowest BCUT2D eigenvalue weighted by atomic mass is 10.2. The molecule has 2 N–H and O–H groups in total. The molecule has 0 spiro atoms. The zero-order valence-corrected chi connectivity index (χ0v) is 13.8. The van der Waals surface area contributed by atoms with Crippen molar-refractivity contribution in [3.8, 4) is 5.69 Å². The number of nitrogens with zero attached hydrogens (tertiary/aromatic N) is 5. The quantitative estimate of drug-likeness (QED) is 0.782. The van der Waals surface area contributed by atoms with Crippen molar-refractivity contribution in [3.63, 3.8) is 0 Å². The third kappa shape index (κ3) is 3.65. The molecule has 0 bridgehead atoms. The molecule has 0 saturated heterocycles. The van der Waals surface area contributed by atoms with Crippen molar-refractivity contribution in [2.45, 2.75) is 39.8 Å². The van der Waals surface area contributed by atoms with E-state index < -0.39 is 0 Å². The lowest BCUT2D eigenvalue weighted by Crippen LogP contribution is -2.17. The van der Waals surface area contributed by atoms with E-state index in [4.69, 9.17) is 5.73 Å². The Morgan fingerprint density at radius 1 is 1.17 bits per heavy atom. The summed E-state index contributed by atoms with van der Waals surface area (Å²) >= 11 is 0. The smallest absolute Gasteiger partial charge is 0.0842 e. The second kappa shape index (κ2) is 6.34. The van der Waals surface area contributed by atoms with Gasteiger partial charge < -0.3 is 5.73 Å². The SMILES string of the molecule is Cc1cc(C)n(-c2ccc(Cn3cc(CC(C)N)nn3)cc2)n1. The van der Waals surface area contributed by atoms with E-state index in [1.165, 1.54) is 5.56 Å². The standard InChI is InChI=1S/C17H22N6/c1-12(18)8-16-11-22(21-19-16)10-15-4-6-17(7-5-15)23-14(3)9-13(2)20-23/h4-7,9,11-12H,8,10,18H2,1-3H3. The Bertz CT molecular complexity index is 782. The van der Waals surface area contributed by atoms with Crippen LogP contribution in [0.2, 0.25) is 0 Å². The number of aromatic nitrogens is 5. The minimum absolute atomic E-state index is 0.0974. The van der Waals surface area contributed by atoms with Crippen LogP contribution in [0.1, 0.15) is 29.6 Å². The molecule has 0 amide bonds. The highest BCUT2D eigenvalue weighted by molar-refractivity contribution is 5.36. The number of rotatable bonds is 5. The molecule has 2 aromatic heterocycles. The van der Waals surface area contributed by atoms with Gasteiger partial charge in [-0.2, -0.15) is 5.10 Å². The monoisotopic (exact) mass is 310 g/mol. The summed E-state index contributed by atoms with van der Waals surface area (Å²) in [6, 6.07) is 10.5. The summed E-state index contributed by atoms with van der Waals surface area (Å²) in [6.45, 7) is 6.73. The highest BCUT2D eigenvalue weighted by Crippen LogP contribution is 2.13. The van der Waals surface area contributed by atoms with Gasteiger partial charge >= 0.3 is 0 Å². The Kier molecular flexibility index (Phi) is 4.25. The first-order chi connectivity index (χ1) is 11.0. The fourth-order valence-corrected chi connectivity index (χ4v) is 2.66. The summed E-state index contributed by atoms with van der Waals surface area (Å²) in [4.78, 5) is 0. The minimum atomic E-state index is 0.0974. The molecule has 0 aliphatic carbocycles. The molecule has 0 fully saturated rings. The second-order valence-electron chi connectivity index (χ2n) is 6.09. The Morgan fingerprint density at radius 3 is 2.52 bits per heavy atom. The Labute approximate surface area is 135 Å². The lowest BCUT2D eigenvalue weighted by molar-refractivity contribution is 0.648. The van der Waals surface area contributed by atoms with Crippen molar-refractivity contribution in [1.82, 2.24) is 24.8 Å². The van der Waals surface area contributed by atoms with Crippen molar-refractivity contribution in [3.05, 3.63) is 59.2 Å². The van der Waals surface area contributed by atoms with Gasteiger partial charge in [-0.3, -0.25) is 0 Å². The summed E-state index contributed by atoms with van der Waals surface area (Å²) in [5, 5.41) is 12.8. The van der Waals surface area contributed by atoms with Gasteiger partial charge in [-0.15, -0.1) is 5.10 Å². The van der Waals surface area contributed by atoms with E-state index in [0.29, 0.717) is 6.54 Å². The highest BCUT2D eigenvalue weighted by atomic mass is 15.4. The summed E-state index contributed by atoms with van der Waals surface area (Å²) in [7, 11) is 0. The summed E-state index contributed by atoms with van der Waals surface area (Å²) in [5.74, 6) is 0. The van der Waals surface area contributed by atoms with E-state index in [1.54, 1.807) is 0 Å². The third-order valence-corrected chi connectivity index (χ3v) is 3.65. The third-order valence-electron chi connectivity index (χ3n) is 3.65. The van der Waals surface area contributed by atoms with Crippen LogP contribution in [0.3, 0.4) is 0 Å². The maximum Gasteiger partial charge on any atom is 0.0842 e. The fourth-order valence-electron chi connectivity index (χ4n) is 2.66. The molecule has 120 valence electrons. The Balaban J connectivity index is 1.72. The molecule has 6 nitrogen and oxygen atoms in total. The number of hydrogen-bond donors (Lipinski definition) is 1. The first-order valence-electron chi connectivity index (χ1n) is 7.78. The van der Waals surface area contributed by atoms with E-state index >= 15 is 0 Å². The molecule has 2 heterocycles. The summed E-state index contributed by atoms with van der Waals surface area (Å²) in [6.07, 6.45) is 2.70. The summed E-state index contributed by atoms with van der Waals surface area (Å²) in [5.41, 5.74) is 11.1. The van der Waals surface area contributed by atoms with Crippen molar-refractivity contribution in [1.29, 1.82) is 0 Å². The maximum atomic E-state index is 5.79. The van der Waals surface area contributed by atoms with Crippen LogP contribution in [0.4, 0.5) is 0 Å². The molecule has 0 aliphatic rings. The summed E-state index contributed by atoms with van der Waals surface area (Å²) < 4.78 is 3.80. The minimum Gasteiger partial charge on any atom is -0.328 e. The van der Waals surface area contributed by atoms with E-state index in [-0.39, 0.29) is 6.04 Å². The lowest BCUT2D eigenvalue weighted by Gasteiger charge is -2.06. The molecule has 3 rings (SSSR count). The molecule has 1 unspecified atom stereocenters. The van der Waals surface area contributed by atoms with Crippen LogP contribution in [0, 0.1) is 13.8 Å². The largest absolute Gasteiger partial charge is 0.328 e. The van der Waals surface area contributed by atoms with Gasteiger partial charge in [0.15, 0.2) is 0 Å². The Morgan fingerprint density at radius 2 is 1.91 bits per heavy atom. The van der Waals surface area contributed by atoms with Crippen molar-refractivity contribution in [2.75, 3.05) is 0 Å². The Hall–Kier alpha value is -2.47. The van der Waals surface area contributed by atoms with Gasteiger partial charge in [0, 0.05) is 24.4 Å². The first kappa shape index (κ1) is 15.4. The highest BCUT2D eigenvalue weighted by Gasteiger charge is 2.06. The topological polar surface area (TPSA) is 74.5 Å². The molecular weight excluding hydrogens is 288 g/mol. The molecule has 23 heavy (non-hydrogen) atoms. The predicted octanol–water partition coefficient (Wildman–Crippen LogP) is 2.02. The van der Waals surface area contributed by atoms with Crippen molar-refractivity contribution in [2.24, 2.45) is 5.73 Å². The van der Waals surface area contributed by atoms with Crippen LogP contribution < -0.4 is 5.73 Å². The molecule has 3 aromatic rings. The van der Waals surface area contributed by atoms with Crippen LogP contribution in [-0.2, 0) is 13.0 Å². The average Bonchev–Trinajstić information content (AvgIpc) is 3.05. The van der Waals surface area contributed by atoms with Crippen LogP contribution in [-0.4, -0.2) is 30.8 Å². The molecule has 0 saturated carbocycles. The zero-order valence-electron chi connectivity index (χ0n) is 13.8. The van der Waals surface area contributed by atoms with Crippen molar-refractivity contribution >= 4 is 0 Å². The number of aryl methyl sites for hydroxylation is 2. The van der Waals surface area contributed by atoms with E-state index in [0.717, 1.165) is 29.2 Å². The van der Waals surface area contributed by atoms with Gasteiger partial charge in [-0.05, 0) is 44.5 Å². The fraction of sp³-hybridized carbons (Fsp3) is 0.353. The first-order valence-corrected chi connectivity index (χ1v) is 7.78. The second-order valence-corrected chi connectivity index (χ2v) is 6.09.